The van der Waals surface area contributed by atoms with E-state index >= 15 is 8.78 Å². The van der Waals surface area contributed by atoms with E-state index in [1.54, 1.807) is 17.4 Å². The molecule has 0 N–H and O–H groups in total. The van der Waals surface area contributed by atoms with E-state index in [4.69, 9.17) is 0 Å². The van der Waals surface area contributed by atoms with Crippen molar-refractivity contribution in [2.24, 2.45) is 0 Å². The molecule has 7 aromatic carbocycles. The Kier molecular flexibility index (Phi) is 20.2. The number of rotatable bonds is 27. The first-order valence-electron chi connectivity index (χ1n) is 34.4. The lowest BCUT2D eigenvalue weighted by Gasteiger charge is -2.33. The van der Waals surface area contributed by atoms with Crippen molar-refractivity contribution in [3.8, 4) is 43.5 Å². The molecule has 2 aromatic heterocycles. The first-order valence-corrected chi connectivity index (χ1v) is 40.0. The Morgan fingerprint density at radius 1 is 0.452 bits per heavy atom. The molecule has 12 rings (SSSR count). The summed E-state index contributed by atoms with van der Waals surface area (Å²) in [5.41, 5.74) is 10.0. The van der Waals surface area contributed by atoms with E-state index in [-0.39, 0.29) is 27.8 Å². The Morgan fingerprint density at radius 3 is 1.23 bits per heavy atom. The Balaban J connectivity index is 1.15. The van der Waals surface area contributed by atoms with Crippen molar-refractivity contribution >= 4 is 103 Å². The third-order valence-electron chi connectivity index (χ3n) is 20.1. The third-order valence-corrected chi connectivity index (χ3v) is 32.4. The summed E-state index contributed by atoms with van der Waals surface area (Å²) in [6.45, 7) is 9.07. The number of nitriles is 2. The average molecular weight is 1300 g/mol. The highest BCUT2D eigenvalue weighted by Gasteiger charge is 2.55. The minimum absolute atomic E-state index is 0.0344. The summed E-state index contributed by atoms with van der Waals surface area (Å²) >= 11 is 3.57. The maximum Gasteiger partial charge on any atom is 0.194 e. The van der Waals surface area contributed by atoms with Crippen molar-refractivity contribution in [2.45, 2.75) is 156 Å². The standard InChI is InChI=1S/C83H85F2N3OS2Si2/c1-7-11-15-19-23-56-27-39-64(40-28-56)92(65-41-29-57(30-42-65)24-20-16-12-8-2)76-52-71-77(51-70(76)82-78(92)48-63(90-82)47-72-80(61(54-86)55-87)68-49-73(84)74(85)50-69(68)81(72)89)93(66-43-31-58(32-44-66)25-21-17-13-9-3,67-45-33-59(34-46-67)26-22-18-14-10-4)79-53-75(91-83(71)79)60-35-37-62(38-36-60)88(5)6/h27-53H,7-26H2,1-6H3/b72-47-. The Labute approximate surface area is 561 Å². The minimum Gasteiger partial charge on any atom is -0.378 e. The lowest BCUT2D eigenvalue weighted by molar-refractivity contribution is 0.104. The van der Waals surface area contributed by atoms with Crippen LogP contribution in [-0.4, -0.2) is 36.0 Å². The van der Waals surface area contributed by atoms with E-state index in [2.05, 4.69) is 192 Å². The van der Waals surface area contributed by atoms with Crippen molar-refractivity contribution < 1.29 is 13.6 Å². The van der Waals surface area contributed by atoms with Gasteiger partial charge in [-0.3, -0.25) is 4.79 Å². The first-order chi connectivity index (χ1) is 45.4. The average Bonchev–Trinajstić information content (AvgIpc) is 1.52. The summed E-state index contributed by atoms with van der Waals surface area (Å²) in [5.74, 6) is -2.85. The predicted molar refractivity (Wildman–Crippen MR) is 395 cm³/mol. The molecule has 10 heteroatoms. The molecule has 0 spiro atoms. The van der Waals surface area contributed by atoms with Crippen molar-refractivity contribution in [1.29, 1.82) is 10.5 Å². The van der Waals surface area contributed by atoms with Crippen LogP contribution in [0, 0.1) is 34.3 Å². The number of anilines is 1. The molecule has 0 unspecified atom stereocenters. The topological polar surface area (TPSA) is 67.9 Å². The number of halogens is 2. The molecule has 0 atom stereocenters. The maximum absolute atomic E-state index is 15.2. The van der Waals surface area contributed by atoms with Gasteiger partial charge in [-0.15, -0.1) is 22.7 Å². The van der Waals surface area contributed by atoms with Gasteiger partial charge >= 0.3 is 0 Å². The van der Waals surface area contributed by atoms with Crippen LogP contribution in [0.4, 0.5) is 14.5 Å². The second-order valence-corrected chi connectivity index (χ2v) is 35.9. The van der Waals surface area contributed by atoms with Crippen LogP contribution in [0.2, 0.25) is 0 Å². The van der Waals surface area contributed by atoms with Crippen LogP contribution >= 0.6 is 22.7 Å². The lowest BCUT2D eigenvalue weighted by atomic mass is 9.99. The number of hydrogen-bond acceptors (Lipinski definition) is 6. The van der Waals surface area contributed by atoms with E-state index in [0.717, 1.165) is 66.1 Å². The number of fused-ring (bicyclic) bond motifs is 7. The van der Waals surface area contributed by atoms with Gasteiger partial charge in [0.2, 0.25) is 0 Å². The molecule has 4 nitrogen and oxygen atoms in total. The van der Waals surface area contributed by atoms with E-state index in [1.165, 1.54) is 180 Å². The molecule has 0 fully saturated rings. The number of allylic oxidation sites excluding steroid dienone is 3. The number of unbranched alkanes of at least 4 members (excludes halogenated alkanes) is 12. The van der Waals surface area contributed by atoms with E-state index in [0.29, 0.717) is 0 Å². The summed E-state index contributed by atoms with van der Waals surface area (Å²) in [6.07, 6.45) is 25.0. The van der Waals surface area contributed by atoms with Crippen molar-refractivity contribution in [3.05, 3.63) is 219 Å². The Morgan fingerprint density at radius 2 is 0.839 bits per heavy atom. The van der Waals surface area contributed by atoms with Gasteiger partial charge in [-0.25, -0.2) is 8.78 Å². The van der Waals surface area contributed by atoms with Crippen LogP contribution in [0.3, 0.4) is 0 Å². The molecule has 472 valence electrons. The molecule has 0 saturated carbocycles. The number of ketones is 1. The minimum atomic E-state index is -3.34. The molecule has 0 radical (unpaired) electrons. The molecule has 3 aliphatic rings. The molecule has 1 aliphatic carbocycles. The summed E-state index contributed by atoms with van der Waals surface area (Å²) in [6, 6.07) is 63.9. The molecule has 0 saturated heterocycles. The number of carbonyl (C=O) groups excluding carboxylic acids is 1. The highest BCUT2D eigenvalue weighted by molar-refractivity contribution is 7.31. The van der Waals surface area contributed by atoms with Crippen molar-refractivity contribution in [1.82, 2.24) is 0 Å². The SMILES string of the molecule is CCCCCCc1ccc([Si]2(c3ccc(CCCCCC)cc3)c3cc4c(cc3-c3sc(/C=C5\C(=O)c6cc(F)c(F)cc6C5=C(C#N)C#N)cc32)[Si](c2ccc(CCCCCC)cc2)(c2ccc(CCCCCC)cc2)c2cc(-c3ccc(N(C)C)cc3)sc2-4)cc1. The quantitative estimate of drug-likeness (QED) is 0.0223. The van der Waals surface area contributed by atoms with Gasteiger partial charge in [-0.05, 0) is 180 Å². The van der Waals surface area contributed by atoms with Crippen molar-refractivity contribution in [2.75, 3.05) is 19.0 Å². The number of nitrogens with zero attached hydrogens (tertiary/aromatic N) is 3. The van der Waals surface area contributed by atoms with Crippen LogP contribution in [0.1, 0.15) is 173 Å². The van der Waals surface area contributed by atoms with Crippen LogP contribution in [0.15, 0.2) is 169 Å². The fourth-order valence-corrected chi connectivity index (χ4v) is 28.9. The Bertz CT molecular complexity index is 4220. The number of Topliss-reactive ketones (excluding diaryl/α,β-unsaturated/α-hetero) is 1. The molecular weight excluding hydrogens is 1210 g/mol. The highest BCUT2D eigenvalue weighted by atomic mass is 32.1. The molecule has 2 aliphatic heterocycles. The number of thiophene rings is 2. The zero-order valence-corrected chi connectivity index (χ0v) is 58.7. The Hall–Kier alpha value is -7.84. The second kappa shape index (κ2) is 28.8. The van der Waals surface area contributed by atoms with Gasteiger partial charge in [0.1, 0.15) is 17.7 Å². The molecule has 0 bridgehead atoms. The monoisotopic (exact) mass is 1300 g/mol. The van der Waals surface area contributed by atoms with E-state index < -0.39 is 33.6 Å². The largest absolute Gasteiger partial charge is 0.378 e. The van der Waals surface area contributed by atoms with Gasteiger partial charge in [0.05, 0.1) is 0 Å². The van der Waals surface area contributed by atoms with E-state index in [9.17, 15) is 15.3 Å². The number of aryl methyl sites for hydroxylation is 4. The first kappa shape index (κ1) is 65.2. The maximum atomic E-state index is 15.2. The molecular formula is C83H85F2N3OS2Si2. The van der Waals surface area contributed by atoms with Crippen LogP contribution in [-0.2, 0) is 25.7 Å². The zero-order valence-electron chi connectivity index (χ0n) is 55.1. The van der Waals surface area contributed by atoms with E-state index in [1.807, 2.05) is 23.5 Å². The van der Waals surface area contributed by atoms with Crippen LogP contribution < -0.4 is 46.4 Å². The normalized spacial score (nSPS) is 14.2. The van der Waals surface area contributed by atoms with Gasteiger partial charge < -0.3 is 4.90 Å². The summed E-state index contributed by atoms with van der Waals surface area (Å²) < 4.78 is 30.4. The van der Waals surface area contributed by atoms with Gasteiger partial charge in [-0.2, -0.15) is 10.5 Å². The zero-order chi connectivity index (χ0) is 64.8. The van der Waals surface area contributed by atoms with Crippen LogP contribution in [0.5, 0.6) is 0 Å². The number of carbonyl (C=O) groups is 1. The molecule has 0 amide bonds. The molecule has 4 heterocycles. The number of hydrogen-bond donors (Lipinski definition) is 0. The fourth-order valence-electron chi connectivity index (χ4n) is 15.1. The summed E-state index contributed by atoms with van der Waals surface area (Å²) in [4.78, 5) is 21.4. The van der Waals surface area contributed by atoms with Gasteiger partial charge in [0.25, 0.3) is 0 Å². The predicted octanol–water partition coefficient (Wildman–Crippen LogP) is 17.1. The second-order valence-electron chi connectivity index (χ2n) is 26.3. The van der Waals surface area contributed by atoms with Gasteiger partial charge in [-0.1, -0.05) is 226 Å². The fraction of sp³-hybridized carbons (Fsp3) is 0.313. The van der Waals surface area contributed by atoms with Crippen LogP contribution in [0.25, 0.3) is 43.0 Å². The lowest BCUT2D eigenvalue weighted by Crippen LogP contribution is -2.74. The molecule has 9 aromatic rings. The number of benzene rings is 7. The highest BCUT2D eigenvalue weighted by Crippen LogP contribution is 2.46. The van der Waals surface area contributed by atoms with Crippen molar-refractivity contribution in [3.63, 3.8) is 0 Å². The summed E-state index contributed by atoms with van der Waals surface area (Å²) in [5, 5.41) is 31.5. The van der Waals surface area contributed by atoms with Gasteiger partial charge in [0.15, 0.2) is 33.6 Å². The third kappa shape index (κ3) is 12.4. The summed E-state index contributed by atoms with van der Waals surface area (Å²) in [7, 11) is -2.34. The molecule has 93 heavy (non-hydrogen) atoms. The van der Waals surface area contributed by atoms with Gasteiger partial charge in [0, 0.05) is 56.0 Å². The smallest absolute Gasteiger partial charge is 0.194 e.